The van der Waals surface area contributed by atoms with Gasteiger partial charge in [0, 0.05) is 5.56 Å². The largest absolute Gasteiger partial charge is 0.493 e. The van der Waals surface area contributed by atoms with Gasteiger partial charge in [0.05, 0.1) is 39.5 Å². The zero-order chi connectivity index (χ0) is 21.5. The average molecular weight is 411 g/mol. The van der Waals surface area contributed by atoms with E-state index in [9.17, 15) is 9.59 Å². The molecule has 0 fully saturated rings. The molecule has 156 valence electrons. The summed E-state index contributed by atoms with van der Waals surface area (Å²) >= 11 is 0. The molecule has 0 unspecified atom stereocenters. The van der Waals surface area contributed by atoms with E-state index in [1.165, 1.54) is 32.3 Å². The van der Waals surface area contributed by atoms with Crippen LogP contribution in [-0.4, -0.2) is 53.4 Å². The number of aromatic nitrogens is 4. The molecule has 0 aliphatic heterocycles. The lowest BCUT2D eigenvalue weighted by atomic mass is 10.0. The van der Waals surface area contributed by atoms with E-state index in [1.807, 2.05) is 0 Å². The molecular weight excluding hydrogens is 390 g/mol. The van der Waals surface area contributed by atoms with Crippen LogP contribution < -0.4 is 14.8 Å². The van der Waals surface area contributed by atoms with Gasteiger partial charge in [-0.2, -0.15) is 0 Å². The highest BCUT2D eigenvalue weighted by Gasteiger charge is 2.21. The number of nitrogens with zero attached hydrogens (tertiary/aromatic N) is 4. The first-order chi connectivity index (χ1) is 14.5. The van der Waals surface area contributed by atoms with E-state index in [0.29, 0.717) is 28.3 Å². The summed E-state index contributed by atoms with van der Waals surface area (Å²) in [6.45, 7) is 0. The molecule has 1 amide bonds. The molecule has 1 heterocycles. The van der Waals surface area contributed by atoms with Gasteiger partial charge in [-0.25, -0.2) is 4.68 Å². The minimum Gasteiger partial charge on any atom is -0.493 e. The highest BCUT2D eigenvalue weighted by atomic mass is 16.5. The average Bonchev–Trinajstić information content (AvgIpc) is 3.33. The fourth-order valence-electron chi connectivity index (χ4n) is 2.88. The van der Waals surface area contributed by atoms with Crippen molar-refractivity contribution in [1.29, 1.82) is 0 Å². The predicted octanol–water partition coefficient (Wildman–Crippen LogP) is 1.71. The molecule has 0 saturated carbocycles. The molecule has 0 aliphatic rings. The lowest BCUT2D eigenvalue weighted by Crippen LogP contribution is -2.30. The Labute approximate surface area is 172 Å². The molecule has 0 spiro atoms. The number of ether oxygens (including phenoxy) is 3. The number of hydrogen-bond acceptors (Lipinski definition) is 8. The monoisotopic (exact) mass is 411 g/mol. The second-order valence-electron chi connectivity index (χ2n) is 6.23. The third kappa shape index (κ3) is 4.72. The van der Waals surface area contributed by atoms with Crippen molar-refractivity contribution < 1.29 is 23.8 Å². The maximum Gasteiger partial charge on any atom is 0.307 e. The summed E-state index contributed by atoms with van der Waals surface area (Å²) in [7, 11) is 4.34. The molecule has 1 N–H and O–H groups in total. The number of methoxy groups -OCH3 is 3. The van der Waals surface area contributed by atoms with Crippen molar-refractivity contribution in [1.82, 2.24) is 25.5 Å². The quantitative estimate of drug-likeness (QED) is 0.557. The summed E-state index contributed by atoms with van der Waals surface area (Å²) in [6, 6.07) is 11.3. The van der Waals surface area contributed by atoms with Gasteiger partial charge in [0.1, 0.15) is 6.33 Å². The van der Waals surface area contributed by atoms with E-state index in [1.54, 1.807) is 42.5 Å². The maximum absolute atomic E-state index is 12.9. The maximum atomic E-state index is 12.9. The van der Waals surface area contributed by atoms with Crippen LogP contribution in [0.25, 0.3) is 5.69 Å². The lowest BCUT2D eigenvalue weighted by Gasteiger charge is -2.20. The Morgan fingerprint density at radius 1 is 1.07 bits per heavy atom. The Kier molecular flexibility index (Phi) is 6.58. The van der Waals surface area contributed by atoms with Gasteiger partial charge in [-0.15, -0.1) is 5.10 Å². The summed E-state index contributed by atoms with van der Waals surface area (Å²) < 4.78 is 16.8. The van der Waals surface area contributed by atoms with Gasteiger partial charge in [-0.1, -0.05) is 12.1 Å². The first-order valence-corrected chi connectivity index (χ1v) is 8.98. The van der Waals surface area contributed by atoms with E-state index in [2.05, 4.69) is 20.8 Å². The van der Waals surface area contributed by atoms with Gasteiger partial charge in [0.25, 0.3) is 5.91 Å². The number of amides is 1. The molecule has 10 heteroatoms. The van der Waals surface area contributed by atoms with Crippen molar-refractivity contribution >= 4 is 11.9 Å². The SMILES string of the molecule is COC(=O)C[C@@H](NC(=O)c1cccc(-n2cnnn2)c1)c1ccc(OC)c(OC)c1. The van der Waals surface area contributed by atoms with Crippen LogP contribution in [0, 0.1) is 0 Å². The molecule has 0 bridgehead atoms. The normalized spacial score (nSPS) is 11.4. The molecule has 30 heavy (non-hydrogen) atoms. The topological polar surface area (TPSA) is 117 Å². The number of esters is 1. The summed E-state index contributed by atoms with van der Waals surface area (Å²) in [5, 5.41) is 13.9. The second-order valence-corrected chi connectivity index (χ2v) is 6.23. The summed E-state index contributed by atoms with van der Waals surface area (Å²) in [5.41, 5.74) is 1.68. The van der Waals surface area contributed by atoms with Gasteiger partial charge in [-0.05, 0) is 46.3 Å². The number of hydrogen-bond donors (Lipinski definition) is 1. The molecular formula is C20H21N5O5. The van der Waals surface area contributed by atoms with Crippen LogP contribution in [0.2, 0.25) is 0 Å². The predicted molar refractivity (Wildman–Crippen MR) is 106 cm³/mol. The summed E-state index contributed by atoms with van der Waals surface area (Å²) in [5.74, 6) is 0.199. The van der Waals surface area contributed by atoms with Gasteiger partial charge in [0.2, 0.25) is 0 Å². The molecule has 2 aromatic carbocycles. The highest BCUT2D eigenvalue weighted by Crippen LogP contribution is 2.31. The second kappa shape index (κ2) is 9.50. The van der Waals surface area contributed by atoms with Crippen LogP contribution in [0.15, 0.2) is 48.8 Å². The number of carbonyl (C=O) groups is 2. The zero-order valence-corrected chi connectivity index (χ0v) is 16.7. The summed E-state index contributed by atoms with van der Waals surface area (Å²) in [4.78, 5) is 24.9. The first kappa shape index (κ1) is 20.8. The van der Waals surface area contributed by atoms with Crippen LogP contribution >= 0.6 is 0 Å². The number of nitrogens with one attached hydrogen (secondary N) is 1. The molecule has 10 nitrogen and oxygen atoms in total. The standard InChI is InChI=1S/C20H21N5O5/c1-28-17-8-7-13(10-18(17)29-2)16(11-19(26)30-3)22-20(27)14-5-4-6-15(9-14)25-12-21-23-24-25/h4-10,12,16H,11H2,1-3H3,(H,22,27)/t16-/m1/s1. The minimum absolute atomic E-state index is 0.0512. The Bertz CT molecular complexity index is 1020. The highest BCUT2D eigenvalue weighted by molar-refractivity contribution is 5.95. The van der Waals surface area contributed by atoms with Crippen LogP contribution in [0.4, 0.5) is 0 Å². The van der Waals surface area contributed by atoms with Crippen molar-refractivity contribution in [3.63, 3.8) is 0 Å². The number of carbonyl (C=O) groups excluding carboxylic acids is 2. The van der Waals surface area contributed by atoms with Crippen molar-refractivity contribution in [2.24, 2.45) is 0 Å². The Hall–Kier alpha value is -3.95. The van der Waals surface area contributed by atoms with Gasteiger partial charge in [0.15, 0.2) is 11.5 Å². The zero-order valence-electron chi connectivity index (χ0n) is 16.7. The first-order valence-electron chi connectivity index (χ1n) is 8.98. The van der Waals surface area contributed by atoms with E-state index in [-0.39, 0.29) is 12.3 Å². The van der Waals surface area contributed by atoms with Crippen LogP contribution in [0.3, 0.4) is 0 Å². The third-order valence-corrected chi connectivity index (χ3v) is 4.44. The molecule has 0 aliphatic carbocycles. The molecule has 3 aromatic rings. The van der Waals surface area contributed by atoms with E-state index in [0.717, 1.165) is 0 Å². The van der Waals surface area contributed by atoms with Crippen LogP contribution in [0.1, 0.15) is 28.4 Å². The Morgan fingerprint density at radius 3 is 2.53 bits per heavy atom. The molecule has 0 saturated heterocycles. The molecule has 1 atom stereocenters. The van der Waals surface area contributed by atoms with E-state index in [4.69, 9.17) is 14.2 Å². The Balaban J connectivity index is 1.87. The van der Waals surface area contributed by atoms with Crippen molar-refractivity contribution in [3.05, 3.63) is 59.9 Å². The minimum atomic E-state index is -0.638. The van der Waals surface area contributed by atoms with E-state index >= 15 is 0 Å². The van der Waals surface area contributed by atoms with Crippen LogP contribution in [0.5, 0.6) is 11.5 Å². The number of benzene rings is 2. The number of tetrazole rings is 1. The smallest absolute Gasteiger partial charge is 0.307 e. The summed E-state index contributed by atoms with van der Waals surface area (Å²) in [6.07, 6.45) is 1.38. The Morgan fingerprint density at radius 2 is 1.87 bits per heavy atom. The van der Waals surface area contributed by atoms with Gasteiger partial charge in [-0.3, -0.25) is 9.59 Å². The fourth-order valence-corrected chi connectivity index (χ4v) is 2.88. The van der Waals surface area contributed by atoms with Crippen LogP contribution in [-0.2, 0) is 9.53 Å². The molecule has 3 rings (SSSR count). The van der Waals surface area contributed by atoms with E-state index < -0.39 is 12.0 Å². The van der Waals surface area contributed by atoms with Gasteiger partial charge >= 0.3 is 5.97 Å². The fraction of sp³-hybridized carbons (Fsp3) is 0.250. The molecule has 0 radical (unpaired) electrons. The lowest BCUT2D eigenvalue weighted by molar-refractivity contribution is -0.141. The third-order valence-electron chi connectivity index (χ3n) is 4.44. The number of rotatable bonds is 8. The van der Waals surface area contributed by atoms with Gasteiger partial charge < -0.3 is 19.5 Å². The van der Waals surface area contributed by atoms with Crippen molar-refractivity contribution in [2.45, 2.75) is 12.5 Å². The van der Waals surface area contributed by atoms with Crippen molar-refractivity contribution in [3.8, 4) is 17.2 Å². The molecule has 1 aromatic heterocycles. The van der Waals surface area contributed by atoms with Crippen molar-refractivity contribution in [2.75, 3.05) is 21.3 Å².